The van der Waals surface area contributed by atoms with Gasteiger partial charge >= 0.3 is 0 Å². The highest BCUT2D eigenvalue weighted by molar-refractivity contribution is 5.23. The zero-order valence-corrected chi connectivity index (χ0v) is 31.5. The van der Waals surface area contributed by atoms with Crippen LogP contribution in [0, 0.1) is 0 Å². The van der Waals surface area contributed by atoms with Gasteiger partial charge in [-0.15, -0.1) is 0 Å². The predicted octanol–water partition coefficient (Wildman–Crippen LogP) is 5.69. The van der Waals surface area contributed by atoms with Gasteiger partial charge < -0.3 is 39.4 Å². The molecule has 0 fully saturated rings. The molecular formula is C44H60N2O8. The molecule has 10 heteroatoms. The van der Waals surface area contributed by atoms with Gasteiger partial charge in [-0.05, 0) is 74.5 Å². The fraction of sp³-hybridized carbons (Fsp3) is 0.455. The van der Waals surface area contributed by atoms with Crippen LogP contribution in [-0.2, 0) is 0 Å². The van der Waals surface area contributed by atoms with Gasteiger partial charge in [0.1, 0.15) is 73.8 Å². The lowest BCUT2D eigenvalue weighted by molar-refractivity contribution is 0.0302. The average Bonchev–Trinajstić information content (AvgIpc) is 3.20. The lowest BCUT2D eigenvalue weighted by Gasteiger charge is -2.27. The molecule has 0 saturated carbocycles. The monoisotopic (exact) mass is 744 g/mol. The van der Waals surface area contributed by atoms with Gasteiger partial charge in [0, 0.05) is 26.2 Å². The van der Waals surface area contributed by atoms with Crippen molar-refractivity contribution in [3.8, 4) is 23.0 Å². The van der Waals surface area contributed by atoms with E-state index in [0.29, 0.717) is 49.2 Å². The molecule has 0 aliphatic heterocycles. The molecule has 0 saturated heterocycles. The second-order valence-corrected chi connectivity index (χ2v) is 13.8. The van der Waals surface area contributed by atoms with Gasteiger partial charge in [0.05, 0.1) is 0 Å². The van der Waals surface area contributed by atoms with E-state index < -0.39 is 24.4 Å². The molecule has 0 aliphatic rings. The minimum Gasteiger partial charge on any atom is -0.491 e. The third-order valence-corrected chi connectivity index (χ3v) is 8.82. The minimum absolute atomic E-state index is 0.169. The van der Waals surface area contributed by atoms with Gasteiger partial charge in [-0.25, -0.2) is 0 Å². The summed E-state index contributed by atoms with van der Waals surface area (Å²) >= 11 is 0. The Bertz CT molecular complexity index is 1260. The number of para-hydroxylation sites is 4. The number of aliphatic hydroxyl groups is 4. The maximum absolute atomic E-state index is 10.8. The molecule has 4 rings (SSSR count). The van der Waals surface area contributed by atoms with Crippen molar-refractivity contribution in [1.29, 1.82) is 0 Å². The lowest BCUT2D eigenvalue weighted by atomic mass is 10.1. The molecule has 4 aromatic carbocycles. The van der Waals surface area contributed by atoms with E-state index in [4.69, 9.17) is 18.9 Å². The molecule has 0 spiro atoms. The van der Waals surface area contributed by atoms with Crippen LogP contribution < -0.4 is 18.9 Å². The van der Waals surface area contributed by atoms with Crippen LogP contribution in [0.1, 0.15) is 38.5 Å². The summed E-state index contributed by atoms with van der Waals surface area (Å²) < 4.78 is 23.1. The molecular weight excluding hydrogens is 684 g/mol. The lowest BCUT2D eigenvalue weighted by Crippen LogP contribution is -2.42. The Morgan fingerprint density at radius 3 is 0.796 bits per heavy atom. The molecule has 0 heterocycles. The Morgan fingerprint density at radius 2 is 0.556 bits per heavy atom. The van der Waals surface area contributed by atoms with Gasteiger partial charge in [-0.2, -0.15) is 0 Å². The van der Waals surface area contributed by atoms with Crippen molar-refractivity contribution in [1.82, 2.24) is 9.80 Å². The second-order valence-electron chi connectivity index (χ2n) is 13.8. The quantitative estimate of drug-likeness (QED) is 0.0516. The maximum Gasteiger partial charge on any atom is 0.119 e. The summed E-state index contributed by atoms with van der Waals surface area (Å²) in [4.78, 5) is 4.19. The standard InChI is InChI=1S/C44H60N2O8/c47-37(33-51-41-19-9-5-10-20-41)29-45(30-38(48)34-52-42-21-11-6-12-22-42)27-17-3-1-2-4-18-28-46(31-39(49)35-53-43-23-13-7-14-24-43)32-40(50)36-54-44-25-15-8-16-26-44/h5-16,19-26,37-40,47-50H,1-4,17-18,27-36H2. The van der Waals surface area contributed by atoms with Crippen molar-refractivity contribution in [2.45, 2.75) is 62.9 Å². The largest absolute Gasteiger partial charge is 0.491 e. The molecule has 0 radical (unpaired) electrons. The fourth-order valence-corrected chi connectivity index (χ4v) is 6.13. The van der Waals surface area contributed by atoms with E-state index >= 15 is 0 Å². The van der Waals surface area contributed by atoms with Crippen molar-refractivity contribution in [3.05, 3.63) is 121 Å². The SMILES string of the molecule is OC(COc1ccccc1)CN(CCCCCCCCN(CC(O)COc1ccccc1)CC(O)COc1ccccc1)CC(O)COc1ccccc1. The fourth-order valence-electron chi connectivity index (χ4n) is 6.13. The van der Waals surface area contributed by atoms with E-state index in [9.17, 15) is 20.4 Å². The Labute approximate surface area is 321 Å². The molecule has 0 bridgehead atoms. The van der Waals surface area contributed by atoms with Gasteiger partial charge in [0.15, 0.2) is 0 Å². The molecule has 0 aliphatic carbocycles. The maximum atomic E-state index is 10.8. The highest BCUT2D eigenvalue weighted by Crippen LogP contribution is 2.14. The van der Waals surface area contributed by atoms with E-state index in [2.05, 4.69) is 9.80 Å². The highest BCUT2D eigenvalue weighted by atomic mass is 16.5. The molecule has 54 heavy (non-hydrogen) atoms. The molecule has 294 valence electrons. The first-order valence-electron chi connectivity index (χ1n) is 19.3. The molecule has 4 atom stereocenters. The number of hydrogen-bond donors (Lipinski definition) is 4. The summed E-state index contributed by atoms with van der Waals surface area (Å²) in [6.07, 6.45) is 3.23. The number of nitrogens with zero attached hydrogens (tertiary/aromatic N) is 2. The zero-order chi connectivity index (χ0) is 38.1. The first-order chi connectivity index (χ1) is 26.4. The third kappa shape index (κ3) is 18.7. The topological polar surface area (TPSA) is 124 Å². The minimum atomic E-state index is -0.706. The Kier molecular flexibility index (Phi) is 20.3. The first-order valence-corrected chi connectivity index (χ1v) is 19.3. The third-order valence-electron chi connectivity index (χ3n) is 8.82. The summed E-state index contributed by atoms with van der Waals surface area (Å²) in [5.41, 5.74) is 0. The Hall–Kier alpha value is -4.16. The van der Waals surface area contributed by atoms with Crippen molar-refractivity contribution in [2.24, 2.45) is 0 Å². The van der Waals surface area contributed by atoms with E-state index in [1.165, 1.54) is 0 Å². The van der Waals surface area contributed by atoms with Crippen molar-refractivity contribution in [3.63, 3.8) is 0 Å². The molecule has 4 N–H and O–H groups in total. The van der Waals surface area contributed by atoms with E-state index in [1.807, 2.05) is 121 Å². The Morgan fingerprint density at radius 1 is 0.333 bits per heavy atom. The summed E-state index contributed by atoms with van der Waals surface area (Å²) in [7, 11) is 0. The predicted molar refractivity (Wildman–Crippen MR) is 212 cm³/mol. The van der Waals surface area contributed by atoms with Crippen molar-refractivity contribution >= 4 is 0 Å². The summed E-state index contributed by atoms with van der Waals surface area (Å²) in [5, 5.41) is 43.2. The number of benzene rings is 4. The van der Waals surface area contributed by atoms with Crippen molar-refractivity contribution < 1.29 is 39.4 Å². The van der Waals surface area contributed by atoms with Crippen molar-refractivity contribution in [2.75, 3.05) is 65.7 Å². The smallest absolute Gasteiger partial charge is 0.119 e. The summed E-state index contributed by atoms with van der Waals surface area (Å²) in [5.74, 6) is 2.85. The molecule has 4 aromatic rings. The number of unbranched alkanes of at least 4 members (excludes halogenated alkanes) is 5. The number of hydrogen-bond acceptors (Lipinski definition) is 10. The summed E-state index contributed by atoms with van der Waals surface area (Å²) in [6.45, 7) is 3.69. The highest BCUT2D eigenvalue weighted by Gasteiger charge is 2.19. The normalized spacial score (nSPS) is 13.7. The first kappa shape index (κ1) is 42.6. The number of rotatable bonds is 29. The number of ether oxygens (including phenoxy) is 4. The second kappa shape index (κ2) is 25.8. The van der Waals surface area contributed by atoms with Crippen LogP contribution in [0.4, 0.5) is 0 Å². The van der Waals surface area contributed by atoms with Crippen LogP contribution >= 0.6 is 0 Å². The van der Waals surface area contributed by atoms with Crippen LogP contribution in [-0.4, -0.2) is 120 Å². The van der Waals surface area contributed by atoms with Crippen LogP contribution in [0.3, 0.4) is 0 Å². The van der Waals surface area contributed by atoms with Gasteiger partial charge in [0.25, 0.3) is 0 Å². The van der Waals surface area contributed by atoms with E-state index in [0.717, 1.165) is 51.6 Å². The molecule has 4 unspecified atom stereocenters. The average molecular weight is 745 g/mol. The molecule has 0 aromatic heterocycles. The zero-order valence-electron chi connectivity index (χ0n) is 31.5. The van der Waals surface area contributed by atoms with E-state index in [-0.39, 0.29) is 26.4 Å². The van der Waals surface area contributed by atoms with Crippen LogP contribution in [0.15, 0.2) is 121 Å². The van der Waals surface area contributed by atoms with Gasteiger partial charge in [0.2, 0.25) is 0 Å². The van der Waals surface area contributed by atoms with Gasteiger partial charge in [-0.3, -0.25) is 9.80 Å². The van der Waals surface area contributed by atoms with Crippen LogP contribution in [0.25, 0.3) is 0 Å². The molecule has 10 nitrogen and oxygen atoms in total. The van der Waals surface area contributed by atoms with Gasteiger partial charge in [-0.1, -0.05) is 98.5 Å². The Balaban J connectivity index is 1.17. The van der Waals surface area contributed by atoms with Crippen LogP contribution in [0.2, 0.25) is 0 Å². The number of aliphatic hydroxyl groups excluding tert-OH is 4. The van der Waals surface area contributed by atoms with E-state index in [1.54, 1.807) is 0 Å². The summed E-state index contributed by atoms with van der Waals surface area (Å²) in [6, 6.07) is 37.8. The molecule has 0 amide bonds. The van der Waals surface area contributed by atoms with Crippen LogP contribution in [0.5, 0.6) is 23.0 Å².